The number of esters is 2. The maximum atomic E-state index is 12.2. The van der Waals surface area contributed by atoms with Gasteiger partial charge >= 0.3 is 11.9 Å². The van der Waals surface area contributed by atoms with Gasteiger partial charge in [-0.3, -0.25) is 9.59 Å². The summed E-state index contributed by atoms with van der Waals surface area (Å²) in [4.78, 5) is 24.2. The molecule has 0 saturated carbocycles. The van der Waals surface area contributed by atoms with Gasteiger partial charge in [-0.15, -0.1) is 0 Å². The zero-order valence-electron chi connectivity index (χ0n) is 29.6. The lowest BCUT2D eigenvalue weighted by Crippen LogP contribution is -2.28. The first kappa shape index (κ1) is 41.6. The predicted octanol–water partition coefficient (Wildman–Crippen LogP) is 10.7. The molecule has 1 aliphatic heterocycles. The van der Waals surface area contributed by atoms with Crippen molar-refractivity contribution < 1.29 is 28.9 Å². The van der Waals surface area contributed by atoms with Crippen LogP contribution in [0.4, 0.5) is 0 Å². The molecule has 0 aromatic rings. The van der Waals surface area contributed by atoms with Crippen molar-refractivity contribution in [1.29, 1.82) is 0 Å². The maximum Gasteiger partial charge on any atom is 0.306 e. The molecule has 6 heteroatoms. The normalized spacial score (nSPS) is 16.7. The minimum atomic E-state index is -0.779. The molecule has 2 unspecified atom stereocenters. The summed E-state index contributed by atoms with van der Waals surface area (Å²) in [6.45, 7) is 4.10. The first-order chi connectivity index (χ1) is 22.1. The van der Waals surface area contributed by atoms with Gasteiger partial charge < -0.3 is 19.3 Å². The highest BCUT2D eigenvalue weighted by Gasteiger charge is 2.36. The van der Waals surface area contributed by atoms with Crippen LogP contribution in [0.3, 0.4) is 0 Å². The van der Waals surface area contributed by atoms with Crippen molar-refractivity contribution in [2.45, 2.75) is 212 Å². The van der Waals surface area contributed by atoms with Crippen LogP contribution in [0.1, 0.15) is 194 Å². The summed E-state index contributed by atoms with van der Waals surface area (Å²) in [5, 5.41) is 9.55. The zero-order chi connectivity index (χ0) is 32.6. The molecule has 264 valence electrons. The molecule has 0 aromatic carbocycles. The van der Waals surface area contributed by atoms with E-state index in [0.717, 1.165) is 51.4 Å². The Labute approximate surface area is 277 Å². The van der Waals surface area contributed by atoms with Gasteiger partial charge in [-0.05, 0) is 51.4 Å². The molecule has 6 nitrogen and oxygen atoms in total. The van der Waals surface area contributed by atoms with Gasteiger partial charge in [-0.1, -0.05) is 142 Å². The summed E-state index contributed by atoms with van der Waals surface area (Å²) in [7, 11) is 0. The molecule has 45 heavy (non-hydrogen) atoms. The van der Waals surface area contributed by atoms with Crippen LogP contribution in [0, 0.1) is 0 Å². The Kier molecular flexibility index (Phi) is 28.9. The second-order valence-electron chi connectivity index (χ2n) is 13.4. The minimum Gasteiger partial charge on any atom is -0.462 e. The van der Waals surface area contributed by atoms with E-state index in [1.54, 1.807) is 0 Å². The highest BCUT2D eigenvalue weighted by molar-refractivity contribution is 5.70. The molecule has 1 aliphatic rings. The quantitative estimate of drug-likeness (QED) is 0.0327. The molecule has 0 radical (unpaired) electrons. The van der Waals surface area contributed by atoms with Crippen molar-refractivity contribution in [3.8, 4) is 0 Å². The Morgan fingerprint density at radius 2 is 1.02 bits per heavy atom. The Hall–Kier alpha value is -1.40. The second-order valence-corrected chi connectivity index (χ2v) is 13.4. The molecule has 0 amide bonds. The lowest BCUT2D eigenvalue weighted by Gasteiger charge is -2.15. The van der Waals surface area contributed by atoms with Gasteiger partial charge in [-0.2, -0.15) is 0 Å². The fraction of sp³-hybridized carbons (Fsp3) is 0.897. The van der Waals surface area contributed by atoms with Crippen molar-refractivity contribution in [2.75, 3.05) is 13.2 Å². The Morgan fingerprint density at radius 1 is 0.600 bits per heavy atom. The van der Waals surface area contributed by atoms with E-state index in [1.165, 1.54) is 116 Å². The maximum absolute atomic E-state index is 12.2. The number of unbranched alkanes of at least 4 members (excludes halogenated alkanes) is 20. The van der Waals surface area contributed by atoms with Crippen LogP contribution in [-0.4, -0.2) is 48.6 Å². The number of rotatable bonds is 34. The third kappa shape index (κ3) is 27.4. The van der Waals surface area contributed by atoms with Crippen molar-refractivity contribution in [1.82, 2.24) is 0 Å². The predicted molar refractivity (Wildman–Crippen MR) is 186 cm³/mol. The summed E-state index contributed by atoms with van der Waals surface area (Å²) in [5.74, 6) is -0.612. The molecule has 3 atom stereocenters. The molecule has 1 heterocycles. The number of carbonyl (C=O) groups excluding carboxylic acids is 2. The third-order valence-corrected chi connectivity index (χ3v) is 8.97. The summed E-state index contributed by atoms with van der Waals surface area (Å²) in [6, 6.07) is 0. The van der Waals surface area contributed by atoms with Crippen LogP contribution in [0.15, 0.2) is 12.2 Å². The van der Waals surface area contributed by atoms with Crippen LogP contribution in [0.5, 0.6) is 0 Å². The number of ether oxygens (including phenoxy) is 3. The van der Waals surface area contributed by atoms with Crippen molar-refractivity contribution >= 4 is 11.9 Å². The van der Waals surface area contributed by atoms with Gasteiger partial charge in [0.1, 0.15) is 6.61 Å². The summed E-state index contributed by atoms with van der Waals surface area (Å²) >= 11 is 0. The number of allylic oxidation sites excluding steroid dienone is 2. The first-order valence-corrected chi connectivity index (χ1v) is 19.4. The topological polar surface area (TPSA) is 85.4 Å². The average molecular weight is 637 g/mol. The molecule has 0 spiro atoms. The minimum absolute atomic E-state index is 0.0742. The molecule has 0 aromatic heterocycles. The molecule has 1 saturated heterocycles. The van der Waals surface area contributed by atoms with Crippen molar-refractivity contribution in [3.05, 3.63) is 12.2 Å². The Balaban J connectivity index is 1.88. The summed E-state index contributed by atoms with van der Waals surface area (Å²) in [6.07, 6.45) is 37.1. The molecular weight excluding hydrogens is 564 g/mol. The van der Waals surface area contributed by atoms with E-state index in [9.17, 15) is 14.7 Å². The summed E-state index contributed by atoms with van der Waals surface area (Å²) < 4.78 is 16.4. The second kappa shape index (κ2) is 31.2. The lowest BCUT2D eigenvalue weighted by atomic mass is 10.0. The van der Waals surface area contributed by atoms with E-state index in [-0.39, 0.29) is 25.2 Å². The smallest absolute Gasteiger partial charge is 0.306 e. The monoisotopic (exact) mass is 637 g/mol. The van der Waals surface area contributed by atoms with E-state index in [2.05, 4.69) is 26.0 Å². The van der Waals surface area contributed by atoms with Gasteiger partial charge in [0.25, 0.3) is 0 Å². The average Bonchev–Trinajstić information content (AvgIpc) is 3.80. The largest absolute Gasteiger partial charge is 0.462 e. The molecule has 1 rings (SSSR count). The van der Waals surface area contributed by atoms with Crippen molar-refractivity contribution in [3.63, 3.8) is 0 Å². The number of carbonyl (C=O) groups is 2. The first-order valence-electron chi connectivity index (χ1n) is 19.4. The number of aliphatic hydroxyl groups is 1. The number of hydrogen-bond donors (Lipinski definition) is 1. The fourth-order valence-corrected chi connectivity index (χ4v) is 5.93. The number of aliphatic hydroxyl groups excluding tert-OH is 1. The van der Waals surface area contributed by atoms with Crippen LogP contribution >= 0.6 is 0 Å². The van der Waals surface area contributed by atoms with Gasteiger partial charge in [0.15, 0.2) is 6.10 Å². The van der Waals surface area contributed by atoms with E-state index >= 15 is 0 Å². The van der Waals surface area contributed by atoms with Gasteiger partial charge in [0, 0.05) is 12.8 Å². The molecule has 0 bridgehead atoms. The number of hydrogen-bond acceptors (Lipinski definition) is 6. The van der Waals surface area contributed by atoms with Crippen LogP contribution in [-0.2, 0) is 23.8 Å². The van der Waals surface area contributed by atoms with E-state index in [4.69, 9.17) is 14.2 Å². The van der Waals surface area contributed by atoms with Crippen LogP contribution in [0.25, 0.3) is 0 Å². The fourth-order valence-electron chi connectivity index (χ4n) is 5.93. The van der Waals surface area contributed by atoms with Crippen LogP contribution < -0.4 is 0 Å². The van der Waals surface area contributed by atoms with E-state index < -0.39 is 6.10 Å². The van der Waals surface area contributed by atoms with Crippen molar-refractivity contribution in [2.24, 2.45) is 0 Å². The number of epoxide rings is 1. The van der Waals surface area contributed by atoms with E-state index in [0.29, 0.717) is 25.0 Å². The standard InChI is InChI=1S/C39H72O6/c1-3-5-7-9-11-12-13-14-15-16-17-18-19-23-27-31-38(41)43-34-35(33-40)44-39(42)32-28-24-20-22-26-30-37-36(45-37)29-25-21-10-8-6-4-2/h14-15,35-37,40H,3-13,16-34H2,1-2H3/b15-14-/t35-,36?,37?/m0/s1. The molecule has 1 N–H and O–H groups in total. The third-order valence-electron chi connectivity index (χ3n) is 8.97. The van der Waals surface area contributed by atoms with Gasteiger partial charge in [-0.25, -0.2) is 0 Å². The Bertz CT molecular complexity index is 708. The van der Waals surface area contributed by atoms with Gasteiger partial charge in [0.05, 0.1) is 18.8 Å². The molecule has 1 fully saturated rings. The lowest BCUT2D eigenvalue weighted by molar-refractivity contribution is -0.161. The van der Waals surface area contributed by atoms with E-state index in [1.807, 2.05) is 0 Å². The molecular formula is C39H72O6. The molecule has 0 aliphatic carbocycles. The van der Waals surface area contributed by atoms with Crippen LogP contribution in [0.2, 0.25) is 0 Å². The summed E-state index contributed by atoms with van der Waals surface area (Å²) in [5.41, 5.74) is 0. The highest BCUT2D eigenvalue weighted by Crippen LogP contribution is 2.32. The van der Waals surface area contributed by atoms with Gasteiger partial charge in [0.2, 0.25) is 0 Å². The SMILES string of the molecule is CCCCCCCC/C=C\CCCCCCCC(=O)OC[C@H](CO)OC(=O)CCCCCCCC1OC1CCCCCCCC. The highest BCUT2D eigenvalue weighted by atomic mass is 16.6. The Morgan fingerprint density at radius 3 is 1.51 bits per heavy atom. The zero-order valence-corrected chi connectivity index (χ0v) is 29.6.